The van der Waals surface area contributed by atoms with Gasteiger partial charge in [-0.2, -0.15) is 0 Å². The molecule has 0 N–H and O–H groups in total. The predicted octanol–water partition coefficient (Wildman–Crippen LogP) is 3.31. The first kappa shape index (κ1) is 25.2. The highest BCUT2D eigenvalue weighted by atomic mass is 32.2. The van der Waals surface area contributed by atoms with Crippen LogP contribution >= 0.6 is 0 Å². The van der Waals surface area contributed by atoms with Crippen molar-refractivity contribution in [3.8, 4) is 5.75 Å². The molecule has 0 spiro atoms. The fourth-order valence-electron chi connectivity index (χ4n) is 4.91. The third-order valence-electron chi connectivity index (χ3n) is 6.81. The van der Waals surface area contributed by atoms with Gasteiger partial charge in [-0.15, -0.1) is 0 Å². The fourth-order valence-corrected chi connectivity index (χ4v) is 5.79. The summed E-state index contributed by atoms with van der Waals surface area (Å²) < 4.78 is 34.5. The molecular formula is C26H32N6O4S. The van der Waals surface area contributed by atoms with Gasteiger partial charge in [0.15, 0.2) is 5.75 Å². The van der Waals surface area contributed by atoms with Gasteiger partial charge in [0, 0.05) is 43.5 Å². The Labute approximate surface area is 217 Å². The number of aromatic nitrogens is 3. The topological polar surface area (TPSA) is 102 Å². The van der Waals surface area contributed by atoms with E-state index in [0.29, 0.717) is 57.3 Å². The SMILES string of the molecule is C=C(/C(C)=N\OCC)c1ccc2nc(N3CCCN(S(C)(=O)=O)CC3)n3c2c1OC[C@@H]3c1ccccn1. The van der Waals surface area contributed by atoms with Crippen LogP contribution in [0.15, 0.2) is 48.3 Å². The number of allylic oxidation sites excluding steroid dienone is 1. The van der Waals surface area contributed by atoms with Crippen LogP contribution in [-0.4, -0.2) is 78.6 Å². The number of sulfonamides is 1. The molecule has 0 aliphatic carbocycles. The van der Waals surface area contributed by atoms with Crippen molar-refractivity contribution in [3.05, 3.63) is 54.4 Å². The zero-order valence-corrected chi connectivity index (χ0v) is 22.2. The summed E-state index contributed by atoms with van der Waals surface area (Å²) in [5.41, 5.74) is 4.76. The molecule has 3 aromatic rings. The summed E-state index contributed by atoms with van der Waals surface area (Å²) in [7, 11) is -3.26. The number of pyridine rings is 1. The van der Waals surface area contributed by atoms with Gasteiger partial charge in [-0.05, 0) is 44.5 Å². The molecule has 2 aromatic heterocycles. The van der Waals surface area contributed by atoms with Crippen LogP contribution in [0.3, 0.4) is 0 Å². The van der Waals surface area contributed by atoms with Crippen molar-refractivity contribution in [1.29, 1.82) is 0 Å². The van der Waals surface area contributed by atoms with Gasteiger partial charge in [0.2, 0.25) is 16.0 Å². The molecule has 4 heterocycles. The van der Waals surface area contributed by atoms with Crippen molar-refractivity contribution >= 4 is 38.3 Å². The number of rotatable bonds is 7. The molecule has 0 saturated carbocycles. The van der Waals surface area contributed by atoms with Gasteiger partial charge < -0.3 is 14.5 Å². The van der Waals surface area contributed by atoms with Gasteiger partial charge in [-0.25, -0.2) is 17.7 Å². The number of oxime groups is 1. The van der Waals surface area contributed by atoms with Crippen LogP contribution in [0.4, 0.5) is 5.95 Å². The van der Waals surface area contributed by atoms with Crippen LogP contribution in [0.5, 0.6) is 5.75 Å². The molecule has 0 radical (unpaired) electrons. The fraction of sp³-hybridized carbons (Fsp3) is 0.423. The first-order chi connectivity index (χ1) is 17.8. The van der Waals surface area contributed by atoms with Crippen molar-refractivity contribution in [2.24, 2.45) is 5.16 Å². The number of hydrogen-bond acceptors (Lipinski definition) is 8. The normalized spacial score (nSPS) is 18.9. The molecule has 1 fully saturated rings. The van der Waals surface area contributed by atoms with Crippen molar-refractivity contribution < 1.29 is 18.0 Å². The van der Waals surface area contributed by atoms with Crippen molar-refractivity contribution in [3.63, 3.8) is 0 Å². The molecule has 196 valence electrons. The van der Waals surface area contributed by atoms with E-state index in [1.54, 1.807) is 10.5 Å². The Kier molecular flexibility index (Phi) is 6.91. The lowest BCUT2D eigenvalue weighted by Crippen LogP contribution is -2.36. The maximum Gasteiger partial charge on any atom is 0.211 e. The predicted molar refractivity (Wildman–Crippen MR) is 145 cm³/mol. The molecule has 1 aromatic carbocycles. The van der Waals surface area contributed by atoms with Crippen LogP contribution < -0.4 is 9.64 Å². The van der Waals surface area contributed by atoms with E-state index in [0.717, 1.165) is 33.8 Å². The molecule has 1 atom stereocenters. The lowest BCUT2D eigenvalue weighted by atomic mass is 10.0. The van der Waals surface area contributed by atoms with E-state index in [2.05, 4.69) is 26.2 Å². The largest absolute Gasteiger partial charge is 0.488 e. The van der Waals surface area contributed by atoms with Crippen molar-refractivity contribution in [2.45, 2.75) is 26.3 Å². The number of imidazole rings is 1. The summed E-state index contributed by atoms with van der Waals surface area (Å²) in [5, 5.41) is 4.16. The molecule has 1 saturated heterocycles. The first-order valence-corrected chi connectivity index (χ1v) is 14.3. The molecule has 0 amide bonds. The van der Waals surface area contributed by atoms with Crippen LogP contribution in [0.1, 0.15) is 37.6 Å². The Morgan fingerprint density at radius 1 is 1.22 bits per heavy atom. The molecule has 10 nitrogen and oxygen atoms in total. The van der Waals surface area contributed by atoms with Crippen molar-refractivity contribution in [2.75, 3.05) is 50.5 Å². The quantitative estimate of drug-likeness (QED) is 0.345. The molecule has 11 heteroatoms. The van der Waals surface area contributed by atoms with E-state index in [1.807, 2.05) is 44.2 Å². The summed E-state index contributed by atoms with van der Waals surface area (Å²) in [6, 6.07) is 9.59. The Morgan fingerprint density at radius 3 is 2.78 bits per heavy atom. The van der Waals surface area contributed by atoms with Crippen molar-refractivity contribution in [1.82, 2.24) is 18.8 Å². The van der Waals surface area contributed by atoms with E-state index < -0.39 is 10.0 Å². The van der Waals surface area contributed by atoms with Gasteiger partial charge in [-0.1, -0.05) is 17.8 Å². The highest BCUT2D eigenvalue weighted by Crippen LogP contribution is 2.43. The smallest absolute Gasteiger partial charge is 0.211 e. The summed E-state index contributed by atoms with van der Waals surface area (Å²) >= 11 is 0. The van der Waals surface area contributed by atoms with Crippen LogP contribution in [-0.2, 0) is 14.9 Å². The molecular weight excluding hydrogens is 492 g/mol. The average molecular weight is 525 g/mol. The number of ether oxygens (including phenoxy) is 1. The lowest BCUT2D eigenvalue weighted by molar-refractivity contribution is 0.159. The summed E-state index contributed by atoms with van der Waals surface area (Å²) in [5.74, 6) is 1.49. The van der Waals surface area contributed by atoms with Crippen LogP contribution in [0.25, 0.3) is 16.6 Å². The summed E-state index contributed by atoms with van der Waals surface area (Å²) in [6.45, 7) is 11.0. The zero-order chi connectivity index (χ0) is 26.2. The van der Waals surface area contributed by atoms with Gasteiger partial charge >= 0.3 is 0 Å². The second-order valence-corrected chi connectivity index (χ2v) is 11.2. The first-order valence-electron chi connectivity index (χ1n) is 12.4. The molecule has 2 aliphatic heterocycles. The van der Waals surface area contributed by atoms with E-state index in [9.17, 15) is 8.42 Å². The number of benzene rings is 1. The molecule has 37 heavy (non-hydrogen) atoms. The number of hydrogen-bond donors (Lipinski definition) is 0. The minimum absolute atomic E-state index is 0.190. The second-order valence-electron chi connectivity index (χ2n) is 9.25. The maximum absolute atomic E-state index is 12.2. The average Bonchev–Trinajstić information content (AvgIpc) is 3.10. The molecule has 0 unspecified atom stereocenters. The van der Waals surface area contributed by atoms with Crippen LogP contribution in [0, 0.1) is 0 Å². The van der Waals surface area contributed by atoms with E-state index in [4.69, 9.17) is 14.6 Å². The molecule has 2 aliphatic rings. The summed E-state index contributed by atoms with van der Waals surface area (Å²) in [4.78, 5) is 17.1. The van der Waals surface area contributed by atoms with E-state index in [1.165, 1.54) is 6.26 Å². The molecule has 5 rings (SSSR count). The zero-order valence-electron chi connectivity index (χ0n) is 21.4. The Hall–Kier alpha value is -3.44. The van der Waals surface area contributed by atoms with Gasteiger partial charge in [-0.3, -0.25) is 9.55 Å². The standard InChI is InChI=1S/C26H32N6O4S/c1-5-36-29-19(3)18(2)20-10-11-22-24-25(20)35-17-23(21-9-6-7-12-27-21)32(24)26(28-22)30-13-8-14-31(16-15-30)37(4,33)34/h6-7,9-12,23H,2,5,8,13-17H2,1,3-4H3/b29-19-/t23-/m1/s1. The minimum atomic E-state index is -3.26. The number of nitrogens with zero attached hydrogens (tertiary/aromatic N) is 6. The second kappa shape index (κ2) is 10.1. The highest BCUT2D eigenvalue weighted by Gasteiger charge is 2.34. The Bertz CT molecular complexity index is 1450. The van der Waals surface area contributed by atoms with Gasteiger partial charge in [0.25, 0.3) is 0 Å². The number of anilines is 1. The third kappa shape index (κ3) is 4.80. The van der Waals surface area contributed by atoms with Crippen LogP contribution in [0.2, 0.25) is 0 Å². The molecule has 0 bridgehead atoms. The summed E-state index contributed by atoms with van der Waals surface area (Å²) in [6.07, 6.45) is 3.76. The monoisotopic (exact) mass is 524 g/mol. The Morgan fingerprint density at radius 2 is 2.05 bits per heavy atom. The van der Waals surface area contributed by atoms with Gasteiger partial charge in [0.05, 0.1) is 23.2 Å². The minimum Gasteiger partial charge on any atom is -0.488 e. The highest BCUT2D eigenvalue weighted by molar-refractivity contribution is 7.88. The lowest BCUT2D eigenvalue weighted by Gasteiger charge is -2.31. The maximum atomic E-state index is 12.2. The Balaban J connectivity index is 1.64. The van der Waals surface area contributed by atoms with Gasteiger partial charge in [0.1, 0.15) is 24.8 Å². The third-order valence-corrected chi connectivity index (χ3v) is 8.12. The van der Waals surface area contributed by atoms with E-state index >= 15 is 0 Å². The van der Waals surface area contributed by atoms with E-state index in [-0.39, 0.29) is 6.04 Å².